The molecule has 0 radical (unpaired) electrons. The van der Waals surface area contributed by atoms with Gasteiger partial charge in [0, 0.05) is 17.8 Å². The largest absolute Gasteiger partial charge is 0.299 e. The monoisotopic (exact) mass is 290 g/mol. The van der Waals surface area contributed by atoms with Crippen LogP contribution in [0.15, 0.2) is 29.3 Å². The highest BCUT2D eigenvalue weighted by atomic mass is 16.1. The summed E-state index contributed by atoms with van der Waals surface area (Å²) in [6.07, 6.45) is 9.68. The van der Waals surface area contributed by atoms with Crippen LogP contribution in [0.25, 0.3) is 0 Å². The molecule has 1 aromatic rings. The summed E-state index contributed by atoms with van der Waals surface area (Å²) in [5.74, 6) is 2.24. The van der Waals surface area contributed by atoms with Crippen LogP contribution in [0.3, 0.4) is 0 Å². The van der Waals surface area contributed by atoms with E-state index in [2.05, 4.69) is 18.2 Å². The van der Waals surface area contributed by atoms with Gasteiger partial charge in [-0.3, -0.25) is 4.79 Å². The first-order chi connectivity index (χ1) is 10.8. The van der Waals surface area contributed by atoms with E-state index in [0.29, 0.717) is 11.7 Å². The van der Waals surface area contributed by atoms with Crippen molar-refractivity contribution in [1.82, 2.24) is 0 Å². The number of Topliss-reactive ketones (excluding diaryl/α,β-unsaturated/α-hetero) is 1. The Hall–Kier alpha value is -1.37. The fourth-order valence-electron chi connectivity index (χ4n) is 7.12. The molecule has 0 heterocycles. The average molecular weight is 290 g/mol. The van der Waals surface area contributed by atoms with Crippen LogP contribution in [0.2, 0.25) is 0 Å². The summed E-state index contributed by atoms with van der Waals surface area (Å²) in [5.41, 5.74) is 8.42. The SMILES string of the molecule is O=C1CCc2c3cccc2C1C12CCC(C1)C1=C2CCCC13. The Bertz CT molecular complexity index is 755. The number of hydrogen-bond donors (Lipinski definition) is 0. The van der Waals surface area contributed by atoms with Crippen molar-refractivity contribution in [3.8, 4) is 0 Å². The van der Waals surface area contributed by atoms with E-state index in [1.807, 2.05) is 5.57 Å². The number of fused-ring (bicyclic) bond motifs is 2. The van der Waals surface area contributed by atoms with E-state index in [0.717, 1.165) is 18.8 Å². The fourth-order valence-corrected chi connectivity index (χ4v) is 7.12. The number of carbonyl (C=O) groups excluding carboxylic acids is 1. The predicted molar refractivity (Wildman–Crippen MR) is 85.9 cm³/mol. The van der Waals surface area contributed by atoms with Gasteiger partial charge in [0.1, 0.15) is 5.78 Å². The van der Waals surface area contributed by atoms with Gasteiger partial charge in [0.15, 0.2) is 0 Å². The van der Waals surface area contributed by atoms with Crippen LogP contribution in [-0.4, -0.2) is 5.78 Å². The van der Waals surface area contributed by atoms with Gasteiger partial charge in [0.2, 0.25) is 0 Å². The van der Waals surface area contributed by atoms with Crippen molar-refractivity contribution in [2.75, 3.05) is 0 Å². The summed E-state index contributed by atoms with van der Waals surface area (Å²) in [5, 5.41) is 0. The van der Waals surface area contributed by atoms with Gasteiger partial charge >= 0.3 is 0 Å². The number of carbonyl (C=O) groups is 1. The summed E-state index contributed by atoms with van der Waals surface area (Å²) in [4.78, 5) is 13.0. The maximum Gasteiger partial charge on any atom is 0.141 e. The molecule has 1 fully saturated rings. The summed E-state index contributed by atoms with van der Waals surface area (Å²) in [7, 11) is 0. The van der Waals surface area contributed by atoms with Crippen molar-refractivity contribution < 1.29 is 4.79 Å². The van der Waals surface area contributed by atoms with Crippen LogP contribution in [0.5, 0.6) is 0 Å². The second-order valence-electron chi connectivity index (χ2n) is 8.29. The van der Waals surface area contributed by atoms with Crippen molar-refractivity contribution in [3.63, 3.8) is 0 Å². The van der Waals surface area contributed by atoms with E-state index in [1.165, 1.54) is 44.1 Å². The van der Waals surface area contributed by atoms with Crippen molar-refractivity contribution in [1.29, 1.82) is 0 Å². The Balaban J connectivity index is 1.76. The molecule has 1 saturated carbocycles. The van der Waals surface area contributed by atoms with E-state index in [4.69, 9.17) is 0 Å². The zero-order valence-corrected chi connectivity index (χ0v) is 13.0. The molecule has 1 heteroatoms. The lowest BCUT2D eigenvalue weighted by Crippen LogP contribution is -2.38. The van der Waals surface area contributed by atoms with Crippen molar-refractivity contribution >= 4 is 5.78 Å². The van der Waals surface area contributed by atoms with E-state index in [-0.39, 0.29) is 11.3 Å². The summed E-state index contributed by atoms with van der Waals surface area (Å²) in [6, 6.07) is 6.92. The third kappa shape index (κ3) is 1.16. The number of benzene rings is 1. The number of rotatable bonds is 0. The molecule has 112 valence electrons. The third-order valence-corrected chi connectivity index (χ3v) is 7.66. The zero-order chi connectivity index (χ0) is 14.5. The minimum absolute atomic E-state index is 0.202. The van der Waals surface area contributed by atoms with Crippen LogP contribution in [0.1, 0.15) is 73.5 Å². The van der Waals surface area contributed by atoms with Gasteiger partial charge in [-0.05, 0) is 67.6 Å². The van der Waals surface area contributed by atoms with Gasteiger partial charge in [-0.15, -0.1) is 0 Å². The molecular weight excluding hydrogens is 268 g/mol. The van der Waals surface area contributed by atoms with E-state index < -0.39 is 0 Å². The highest BCUT2D eigenvalue weighted by Gasteiger charge is 2.60. The van der Waals surface area contributed by atoms with Crippen LogP contribution in [0, 0.1) is 11.3 Å². The Morgan fingerprint density at radius 3 is 2.91 bits per heavy atom. The van der Waals surface area contributed by atoms with E-state index in [1.54, 1.807) is 16.7 Å². The van der Waals surface area contributed by atoms with Gasteiger partial charge in [0.05, 0.1) is 5.92 Å². The minimum Gasteiger partial charge on any atom is -0.299 e. The second kappa shape index (κ2) is 3.75. The maximum absolute atomic E-state index is 13.0. The average Bonchev–Trinajstić information content (AvgIpc) is 3.11. The van der Waals surface area contributed by atoms with Crippen LogP contribution < -0.4 is 0 Å². The van der Waals surface area contributed by atoms with Crippen molar-refractivity contribution in [2.24, 2.45) is 11.3 Å². The predicted octanol–water partition coefficient (Wildman–Crippen LogP) is 4.66. The van der Waals surface area contributed by atoms with Gasteiger partial charge in [-0.1, -0.05) is 29.3 Å². The smallest absolute Gasteiger partial charge is 0.141 e. The van der Waals surface area contributed by atoms with Crippen LogP contribution in [-0.2, 0) is 11.2 Å². The molecule has 1 aromatic carbocycles. The van der Waals surface area contributed by atoms with Gasteiger partial charge in [0.25, 0.3) is 0 Å². The number of allylic oxidation sites excluding steroid dienone is 2. The first-order valence-electron chi connectivity index (χ1n) is 9.17. The maximum atomic E-state index is 13.0. The Labute approximate surface area is 131 Å². The lowest BCUT2D eigenvalue weighted by molar-refractivity contribution is -0.123. The minimum atomic E-state index is 0.202. The Morgan fingerprint density at radius 2 is 1.95 bits per heavy atom. The topological polar surface area (TPSA) is 17.1 Å². The molecule has 0 amide bonds. The molecule has 0 N–H and O–H groups in total. The number of hydrogen-bond acceptors (Lipinski definition) is 1. The van der Waals surface area contributed by atoms with E-state index in [9.17, 15) is 4.79 Å². The molecule has 1 nitrogen and oxygen atoms in total. The first-order valence-corrected chi connectivity index (χ1v) is 9.17. The number of ketones is 1. The second-order valence-corrected chi connectivity index (χ2v) is 8.29. The molecule has 22 heavy (non-hydrogen) atoms. The quantitative estimate of drug-likeness (QED) is 0.635. The first kappa shape index (κ1) is 12.1. The molecular formula is C21H22O. The molecule has 6 rings (SSSR count). The molecule has 9 bridgehead atoms. The molecule has 0 aromatic heterocycles. The molecule has 4 unspecified atom stereocenters. The van der Waals surface area contributed by atoms with E-state index >= 15 is 0 Å². The van der Waals surface area contributed by atoms with Crippen molar-refractivity contribution in [2.45, 2.75) is 63.2 Å². The van der Waals surface area contributed by atoms with Crippen LogP contribution >= 0.6 is 0 Å². The highest BCUT2D eigenvalue weighted by Crippen LogP contribution is 2.70. The third-order valence-electron chi connectivity index (χ3n) is 7.66. The van der Waals surface area contributed by atoms with Gasteiger partial charge < -0.3 is 0 Å². The lowest BCUT2D eigenvalue weighted by Gasteiger charge is -2.46. The Morgan fingerprint density at radius 1 is 1.05 bits per heavy atom. The summed E-state index contributed by atoms with van der Waals surface area (Å²) >= 11 is 0. The zero-order valence-electron chi connectivity index (χ0n) is 13.0. The van der Waals surface area contributed by atoms with Gasteiger partial charge in [-0.25, -0.2) is 0 Å². The molecule has 0 saturated heterocycles. The molecule has 0 aliphatic heterocycles. The highest BCUT2D eigenvalue weighted by molar-refractivity contribution is 5.90. The standard InChI is InChI=1S/C21H22O/c22-18-8-7-14-13-3-1-5-16(14)20(18)21-10-9-12(11-21)19-15(13)4-2-6-17(19)21/h1,3,5,12,15,20H,2,4,6-11H2. The van der Waals surface area contributed by atoms with Crippen molar-refractivity contribution in [3.05, 3.63) is 46.0 Å². The fraction of sp³-hybridized carbons (Fsp3) is 0.571. The summed E-state index contributed by atoms with van der Waals surface area (Å²) < 4.78 is 0. The van der Waals surface area contributed by atoms with Gasteiger partial charge in [-0.2, -0.15) is 0 Å². The van der Waals surface area contributed by atoms with Crippen LogP contribution in [0.4, 0.5) is 0 Å². The normalized spacial score (nSPS) is 40.7. The molecule has 5 aliphatic carbocycles. The molecule has 1 spiro atoms. The molecule has 5 aliphatic rings. The molecule has 4 atom stereocenters. The Kier molecular flexibility index (Phi) is 2.06. The summed E-state index contributed by atoms with van der Waals surface area (Å²) in [6.45, 7) is 0. The lowest BCUT2D eigenvalue weighted by atomic mass is 9.56.